The van der Waals surface area contributed by atoms with Crippen LogP contribution in [-0.4, -0.2) is 60.2 Å². The monoisotopic (exact) mass is 501 g/mol. The van der Waals surface area contributed by atoms with E-state index in [1.54, 1.807) is 17.2 Å². The van der Waals surface area contributed by atoms with Crippen LogP contribution in [0.5, 0.6) is 0 Å². The lowest BCUT2D eigenvalue weighted by atomic mass is 9.91. The molecule has 36 heavy (non-hydrogen) atoms. The molecule has 1 fully saturated rings. The van der Waals surface area contributed by atoms with Gasteiger partial charge in [0, 0.05) is 20.1 Å². The molecule has 1 heterocycles. The first-order chi connectivity index (χ1) is 16.3. The van der Waals surface area contributed by atoms with E-state index in [1.807, 2.05) is 34.7 Å². The summed E-state index contributed by atoms with van der Waals surface area (Å²) in [4.78, 5) is 29.8. The highest BCUT2D eigenvalue weighted by Gasteiger charge is 2.32. The smallest absolute Gasteiger partial charge is 0.410 e. The van der Waals surface area contributed by atoms with Crippen LogP contribution in [0, 0.1) is 0 Å². The van der Waals surface area contributed by atoms with E-state index in [0.29, 0.717) is 0 Å². The van der Waals surface area contributed by atoms with Gasteiger partial charge in [0.15, 0.2) is 0 Å². The summed E-state index contributed by atoms with van der Waals surface area (Å²) >= 11 is 0. The third-order valence-corrected chi connectivity index (χ3v) is 5.33. The Morgan fingerprint density at radius 2 is 1.81 bits per heavy atom. The minimum absolute atomic E-state index is 0. The van der Waals surface area contributed by atoms with Gasteiger partial charge in [-0.2, -0.15) is 0 Å². The lowest BCUT2D eigenvalue weighted by Crippen LogP contribution is -2.42. The predicted octanol–water partition coefficient (Wildman–Crippen LogP) is 7.51. The van der Waals surface area contributed by atoms with Crippen LogP contribution in [0.25, 0.3) is 0 Å². The van der Waals surface area contributed by atoms with Gasteiger partial charge < -0.3 is 19.3 Å². The summed E-state index contributed by atoms with van der Waals surface area (Å²) < 4.78 is 5.51. The lowest BCUT2D eigenvalue weighted by molar-refractivity contribution is -0.115. The Balaban J connectivity index is 0. The highest BCUT2D eigenvalue weighted by molar-refractivity contribution is 5.72. The van der Waals surface area contributed by atoms with E-state index < -0.39 is 5.60 Å². The number of ketones is 1. The van der Waals surface area contributed by atoms with Crippen molar-refractivity contribution in [1.29, 1.82) is 0 Å². The minimum atomic E-state index is -0.492. The van der Waals surface area contributed by atoms with E-state index in [-0.39, 0.29) is 25.3 Å². The molecule has 1 atom stereocenters. The van der Waals surface area contributed by atoms with Gasteiger partial charge in [0.1, 0.15) is 11.4 Å². The van der Waals surface area contributed by atoms with E-state index in [0.717, 1.165) is 50.0 Å². The number of likely N-dealkylation sites (N-methyl/N-ethyl adjacent to an activating group) is 1. The molecule has 1 aliphatic carbocycles. The Hall–Kier alpha value is -2.89. The molecule has 6 nitrogen and oxygen atoms in total. The number of likely N-dealkylation sites (tertiary alicyclic amines) is 1. The minimum Gasteiger partial charge on any atom is -0.444 e. The molecule has 0 radical (unpaired) electrons. The maximum atomic E-state index is 12.4. The first kappa shape index (κ1) is 35.3. The molecule has 0 N–H and O–H groups in total. The van der Waals surface area contributed by atoms with Gasteiger partial charge in [-0.25, -0.2) is 4.79 Å². The topological polar surface area (TPSA) is 62.2 Å². The number of carbonyl (C=O) groups is 2. The summed E-state index contributed by atoms with van der Waals surface area (Å²) in [6.07, 6.45) is 11.7. The number of hydrogen-bond donors (Lipinski definition) is 0. The third-order valence-electron chi connectivity index (χ3n) is 5.33. The van der Waals surface area contributed by atoms with Gasteiger partial charge in [-0.05, 0) is 85.1 Å². The van der Waals surface area contributed by atoms with Crippen molar-refractivity contribution in [2.24, 2.45) is 4.99 Å². The largest absolute Gasteiger partial charge is 0.444 e. The number of carbonyl (C=O) groups excluding carboxylic acids is 2. The summed E-state index contributed by atoms with van der Waals surface area (Å²) in [6.45, 7) is 25.7. The second-order valence-electron chi connectivity index (χ2n) is 9.84. The first-order valence-corrected chi connectivity index (χ1v) is 12.3. The number of amides is 1. The zero-order valence-corrected chi connectivity index (χ0v) is 23.3. The number of rotatable bonds is 6. The zero-order chi connectivity index (χ0) is 27.2. The van der Waals surface area contributed by atoms with Crippen LogP contribution < -0.4 is 0 Å². The van der Waals surface area contributed by atoms with Gasteiger partial charge in [-0.3, -0.25) is 4.99 Å². The molecule has 0 bridgehead atoms. The average Bonchev–Trinajstić information content (AvgIpc) is 3.25. The molecular weight excluding hydrogens is 450 g/mol. The van der Waals surface area contributed by atoms with Crippen LogP contribution in [0.4, 0.5) is 4.79 Å². The Labute approximate surface area is 221 Å². The highest BCUT2D eigenvalue weighted by Crippen LogP contribution is 2.32. The highest BCUT2D eigenvalue weighted by atomic mass is 16.6. The summed E-state index contributed by atoms with van der Waals surface area (Å²) in [5.41, 5.74) is 4.22. The molecule has 2 rings (SSSR count). The maximum absolute atomic E-state index is 12.4. The van der Waals surface area contributed by atoms with E-state index in [1.165, 1.54) is 25.0 Å². The molecular formula is C30H51N3O3. The predicted molar refractivity (Wildman–Crippen MR) is 155 cm³/mol. The lowest BCUT2D eigenvalue weighted by Gasteiger charge is -2.30. The molecule has 1 unspecified atom stereocenters. The molecule has 0 saturated carbocycles. The first-order valence-electron chi connectivity index (χ1n) is 12.3. The number of nitrogens with zero attached hydrogens (tertiary/aromatic N) is 3. The number of allylic oxidation sites excluding steroid dienone is 5. The Morgan fingerprint density at radius 3 is 2.22 bits per heavy atom. The SMILES string of the molecule is C.C=CC.C=N/C=C(\C(=C)C1=CC=C(CC)CC1)N1CCC(N(C)C(=O)OC(C)(C)C)C1.CC(C)=O. The fourth-order valence-corrected chi connectivity index (χ4v) is 3.59. The number of hydrogen-bond acceptors (Lipinski definition) is 5. The van der Waals surface area contributed by atoms with Gasteiger partial charge in [0.2, 0.25) is 0 Å². The molecule has 6 heteroatoms. The molecule has 1 amide bonds. The Kier molecular flexibility index (Phi) is 17.2. The van der Waals surface area contributed by atoms with Crippen molar-refractivity contribution in [3.63, 3.8) is 0 Å². The van der Waals surface area contributed by atoms with E-state index in [4.69, 9.17) is 4.74 Å². The third kappa shape index (κ3) is 13.3. The second-order valence-corrected chi connectivity index (χ2v) is 9.84. The van der Waals surface area contributed by atoms with Crippen molar-refractivity contribution >= 4 is 18.6 Å². The van der Waals surface area contributed by atoms with Crippen molar-refractivity contribution in [1.82, 2.24) is 9.80 Å². The fraction of sp³-hybridized carbons (Fsp3) is 0.567. The van der Waals surface area contributed by atoms with Gasteiger partial charge in [-0.1, -0.05) is 44.7 Å². The average molecular weight is 502 g/mol. The Morgan fingerprint density at radius 1 is 1.25 bits per heavy atom. The fourth-order valence-electron chi connectivity index (χ4n) is 3.59. The Bertz CT molecular complexity index is 840. The van der Waals surface area contributed by atoms with Gasteiger partial charge >= 0.3 is 6.09 Å². The number of aliphatic imine (C=N–C) groups is 1. The standard InChI is InChI=1S/C23H35N3O2.C3H6O.C3H6.CH4/c1-8-18-9-11-19(12-10-18)17(2)21(15-24-6)26-14-13-20(16-26)25(7)22(27)28-23(3,4)5;1-3(2)4;1-3-2;/h9,11,15,20H,2,6,8,10,12-14,16H2,1,3-5,7H3;1-2H3;3H,1H2,2H3;1H4/b21-15+;;;. The normalized spacial score (nSPS) is 16.9. The summed E-state index contributed by atoms with van der Waals surface area (Å²) in [5.74, 6) is 0.167. The van der Waals surface area contributed by atoms with Crippen molar-refractivity contribution < 1.29 is 14.3 Å². The van der Waals surface area contributed by atoms with Crippen molar-refractivity contribution in [2.75, 3.05) is 20.1 Å². The number of ether oxygens (including phenoxy) is 1. The van der Waals surface area contributed by atoms with Gasteiger partial charge in [0.25, 0.3) is 0 Å². The summed E-state index contributed by atoms with van der Waals surface area (Å²) in [6, 6.07) is 0.0998. The van der Waals surface area contributed by atoms with Gasteiger partial charge in [0.05, 0.1) is 17.9 Å². The molecule has 0 aromatic carbocycles. The molecule has 204 valence electrons. The molecule has 1 saturated heterocycles. The quantitative estimate of drug-likeness (QED) is 0.215. The molecule has 1 aliphatic heterocycles. The van der Waals surface area contributed by atoms with Crippen molar-refractivity contribution in [3.8, 4) is 0 Å². The van der Waals surface area contributed by atoms with Crippen LogP contribution in [0.3, 0.4) is 0 Å². The second kappa shape index (κ2) is 17.5. The van der Waals surface area contributed by atoms with Crippen LogP contribution in [0.15, 0.2) is 65.0 Å². The van der Waals surface area contributed by atoms with Crippen LogP contribution >= 0.6 is 0 Å². The summed E-state index contributed by atoms with van der Waals surface area (Å²) in [5, 5.41) is 0. The van der Waals surface area contributed by atoms with Crippen molar-refractivity contribution in [3.05, 3.63) is 60.0 Å². The molecule has 0 aromatic heterocycles. The van der Waals surface area contributed by atoms with E-state index in [9.17, 15) is 9.59 Å². The molecule has 2 aliphatic rings. The molecule has 0 aromatic rings. The van der Waals surface area contributed by atoms with Crippen LogP contribution in [0.2, 0.25) is 0 Å². The van der Waals surface area contributed by atoms with E-state index >= 15 is 0 Å². The number of Topliss-reactive ketones (excluding diaryl/α,β-unsaturated/α-hetero) is 1. The van der Waals surface area contributed by atoms with Gasteiger partial charge in [-0.15, -0.1) is 6.58 Å². The summed E-state index contributed by atoms with van der Waals surface area (Å²) in [7, 11) is 1.81. The van der Waals surface area contributed by atoms with E-state index in [2.05, 4.69) is 48.8 Å². The van der Waals surface area contributed by atoms with Crippen LogP contribution in [-0.2, 0) is 9.53 Å². The zero-order valence-electron chi connectivity index (χ0n) is 23.3. The molecule has 0 spiro atoms. The van der Waals surface area contributed by atoms with Crippen molar-refractivity contribution in [2.45, 2.75) is 93.2 Å². The van der Waals surface area contributed by atoms with Crippen LogP contribution in [0.1, 0.15) is 81.6 Å². The maximum Gasteiger partial charge on any atom is 0.410 e.